The minimum atomic E-state index is 0.608. The molecule has 0 fully saturated rings. The van der Waals surface area contributed by atoms with Crippen LogP contribution in [0.25, 0.3) is 16.5 Å². The summed E-state index contributed by atoms with van der Waals surface area (Å²) in [6, 6.07) is 4.08. The number of aromatic nitrogens is 1. The molecular formula is C19H23NO3. The predicted octanol–water partition coefficient (Wildman–Crippen LogP) is 4.53. The highest BCUT2D eigenvalue weighted by molar-refractivity contribution is 5.93. The van der Waals surface area contributed by atoms with Crippen molar-refractivity contribution in [1.82, 2.24) is 4.98 Å². The van der Waals surface area contributed by atoms with Crippen molar-refractivity contribution < 1.29 is 14.2 Å². The van der Waals surface area contributed by atoms with Crippen LogP contribution in [0.1, 0.15) is 36.9 Å². The van der Waals surface area contributed by atoms with Crippen LogP contribution in [-0.4, -0.2) is 26.3 Å². The number of allylic oxidation sites excluding steroid dienone is 2. The van der Waals surface area contributed by atoms with Gasteiger partial charge in [0, 0.05) is 17.1 Å². The Hall–Kier alpha value is -2.23. The van der Waals surface area contributed by atoms with E-state index in [4.69, 9.17) is 19.2 Å². The van der Waals surface area contributed by atoms with Crippen LogP contribution in [0.2, 0.25) is 0 Å². The first-order valence-electron chi connectivity index (χ1n) is 7.99. The highest BCUT2D eigenvalue weighted by Crippen LogP contribution is 2.44. The standard InChI is InChI=1S/C19H23NO3/c1-12-14(13-8-6-5-7-9-13)10-15-16(20-12)11-17(21-2)19(23-4)18(15)22-3/h8,10-11H,5-7,9H2,1-4H3. The third kappa shape index (κ3) is 2.74. The molecule has 3 rings (SSSR count). The Morgan fingerprint density at radius 1 is 0.957 bits per heavy atom. The van der Waals surface area contributed by atoms with Crippen molar-refractivity contribution in [2.75, 3.05) is 21.3 Å². The molecule has 1 aliphatic rings. The van der Waals surface area contributed by atoms with E-state index in [-0.39, 0.29) is 0 Å². The fourth-order valence-electron chi connectivity index (χ4n) is 3.30. The Bertz CT molecular complexity index is 765. The molecule has 4 heteroatoms. The van der Waals surface area contributed by atoms with Crippen molar-refractivity contribution in [2.24, 2.45) is 0 Å². The van der Waals surface area contributed by atoms with Crippen LogP contribution in [0, 0.1) is 6.92 Å². The summed E-state index contributed by atoms with van der Waals surface area (Å²) >= 11 is 0. The van der Waals surface area contributed by atoms with Gasteiger partial charge in [0.05, 0.1) is 26.8 Å². The Morgan fingerprint density at radius 2 is 1.74 bits per heavy atom. The number of benzene rings is 1. The van der Waals surface area contributed by atoms with Gasteiger partial charge in [-0.1, -0.05) is 6.08 Å². The van der Waals surface area contributed by atoms with Crippen molar-refractivity contribution in [2.45, 2.75) is 32.6 Å². The van der Waals surface area contributed by atoms with E-state index in [0.717, 1.165) is 29.4 Å². The van der Waals surface area contributed by atoms with Crippen molar-refractivity contribution >= 4 is 16.5 Å². The van der Waals surface area contributed by atoms with Crippen LogP contribution in [0.15, 0.2) is 18.2 Å². The number of fused-ring (bicyclic) bond motifs is 1. The maximum absolute atomic E-state index is 5.61. The van der Waals surface area contributed by atoms with Gasteiger partial charge in [0.25, 0.3) is 0 Å². The van der Waals surface area contributed by atoms with E-state index in [9.17, 15) is 0 Å². The van der Waals surface area contributed by atoms with Gasteiger partial charge < -0.3 is 14.2 Å². The molecule has 1 aliphatic carbocycles. The highest BCUT2D eigenvalue weighted by Gasteiger charge is 2.19. The highest BCUT2D eigenvalue weighted by atomic mass is 16.5. The summed E-state index contributed by atoms with van der Waals surface area (Å²) in [4.78, 5) is 4.79. The minimum Gasteiger partial charge on any atom is -0.493 e. The van der Waals surface area contributed by atoms with Gasteiger partial charge in [0.15, 0.2) is 11.5 Å². The van der Waals surface area contributed by atoms with E-state index >= 15 is 0 Å². The fraction of sp³-hybridized carbons (Fsp3) is 0.421. The molecule has 0 aliphatic heterocycles. The van der Waals surface area contributed by atoms with Crippen LogP contribution >= 0.6 is 0 Å². The predicted molar refractivity (Wildman–Crippen MR) is 92.6 cm³/mol. The first-order valence-corrected chi connectivity index (χ1v) is 7.99. The molecule has 0 saturated carbocycles. The number of pyridine rings is 1. The van der Waals surface area contributed by atoms with Crippen LogP contribution in [0.5, 0.6) is 17.2 Å². The number of aryl methyl sites for hydroxylation is 1. The number of methoxy groups -OCH3 is 3. The number of hydrogen-bond acceptors (Lipinski definition) is 4. The van der Waals surface area contributed by atoms with Crippen LogP contribution < -0.4 is 14.2 Å². The van der Waals surface area contributed by atoms with E-state index in [2.05, 4.69) is 19.1 Å². The Morgan fingerprint density at radius 3 is 2.35 bits per heavy atom. The van der Waals surface area contributed by atoms with Crippen molar-refractivity contribution in [1.29, 1.82) is 0 Å². The molecule has 122 valence electrons. The van der Waals surface area contributed by atoms with Crippen molar-refractivity contribution in [3.63, 3.8) is 0 Å². The van der Waals surface area contributed by atoms with Gasteiger partial charge in [-0.25, -0.2) is 0 Å². The normalized spacial score (nSPS) is 14.5. The zero-order chi connectivity index (χ0) is 16.4. The number of rotatable bonds is 4. The monoisotopic (exact) mass is 313 g/mol. The maximum atomic E-state index is 5.61. The van der Waals surface area contributed by atoms with Gasteiger partial charge in [0.1, 0.15) is 0 Å². The number of nitrogens with zero attached hydrogens (tertiary/aromatic N) is 1. The maximum Gasteiger partial charge on any atom is 0.204 e. The van der Waals surface area contributed by atoms with Gasteiger partial charge in [-0.05, 0) is 49.8 Å². The summed E-state index contributed by atoms with van der Waals surface area (Å²) in [7, 11) is 4.89. The molecule has 0 spiro atoms. The van der Waals surface area contributed by atoms with Crippen LogP contribution in [0.3, 0.4) is 0 Å². The van der Waals surface area contributed by atoms with E-state index in [1.165, 1.54) is 24.0 Å². The lowest BCUT2D eigenvalue weighted by molar-refractivity contribution is 0.327. The molecule has 4 nitrogen and oxygen atoms in total. The average Bonchev–Trinajstić information content (AvgIpc) is 2.60. The fourth-order valence-corrected chi connectivity index (χ4v) is 3.30. The molecule has 0 bridgehead atoms. The molecule has 23 heavy (non-hydrogen) atoms. The third-order valence-corrected chi connectivity index (χ3v) is 4.45. The largest absolute Gasteiger partial charge is 0.493 e. The molecule has 0 amide bonds. The van der Waals surface area contributed by atoms with Gasteiger partial charge in [-0.3, -0.25) is 4.98 Å². The van der Waals surface area contributed by atoms with E-state index in [0.29, 0.717) is 17.2 Å². The summed E-state index contributed by atoms with van der Waals surface area (Å²) in [5.41, 5.74) is 4.50. The smallest absolute Gasteiger partial charge is 0.204 e. The Kier molecular flexibility index (Phi) is 4.42. The summed E-state index contributed by atoms with van der Waals surface area (Å²) in [5, 5.41) is 0.956. The molecule has 0 N–H and O–H groups in total. The van der Waals surface area contributed by atoms with Crippen molar-refractivity contribution in [3.05, 3.63) is 29.5 Å². The molecule has 2 aromatic rings. The van der Waals surface area contributed by atoms with Crippen LogP contribution in [-0.2, 0) is 0 Å². The topological polar surface area (TPSA) is 40.6 Å². The summed E-state index contributed by atoms with van der Waals surface area (Å²) in [6.07, 6.45) is 7.12. The van der Waals surface area contributed by atoms with Crippen LogP contribution in [0.4, 0.5) is 0 Å². The van der Waals surface area contributed by atoms with Gasteiger partial charge in [-0.15, -0.1) is 0 Å². The van der Waals surface area contributed by atoms with Gasteiger partial charge in [0.2, 0.25) is 5.75 Å². The molecule has 0 saturated heterocycles. The molecule has 0 atom stereocenters. The van der Waals surface area contributed by atoms with E-state index in [1.807, 2.05) is 6.07 Å². The first-order chi connectivity index (χ1) is 11.2. The summed E-state index contributed by atoms with van der Waals surface area (Å²) in [6.45, 7) is 2.06. The molecule has 1 aromatic carbocycles. The second-order valence-corrected chi connectivity index (χ2v) is 5.81. The molecule has 1 aromatic heterocycles. The third-order valence-electron chi connectivity index (χ3n) is 4.45. The lowest BCUT2D eigenvalue weighted by Gasteiger charge is -2.18. The van der Waals surface area contributed by atoms with Gasteiger partial charge >= 0.3 is 0 Å². The molecule has 1 heterocycles. The van der Waals surface area contributed by atoms with Crippen molar-refractivity contribution in [3.8, 4) is 17.2 Å². The molecular weight excluding hydrogens is 290 g/mol. The Labute approximate surface area is 137 Å². The Balaban J connectivity index is 2.27. The SMILES string of the molecule is COc1cc2nc(C)c(C3=CCCCC3)cc2c(OC)c1OC. The minimum absolute atomic E-state index is 0.608. The lowest BCUT2D eigenvalue weighted by atomic mass is 9.92. The molecule has 0 radical (unpaired) electrons. The second-order valence-electron chi connectivity index (χ2n) is 5.81. The number of hydrogen-bond donors (Lipinski definition) is 0. The molecule has 0 unspecified atom stereocenters. The van der Waals surface area contributed by atoms with E-state index < -0.39 is 0 Å². The zero-order valence-corrected chi connectivity index (χ0v) is 14.2. The lowest BCUT2D eigenvalue weighted by Crippen LogP contribution is -2.00. The number of ether oxygens (including phenoxy) is 3. The van der Waals surface area contributed by atoms with E-state index in [1.54, 1.807) is 21.3 Å². The first kappa shape index (κ1) is 15.7. The quantitative estimate of drug-likeness (QED) is 0.831. The average molecular weight is 313 g/mol. The summed E-state index contributed by atoms with van der Waals surface area (Å²) in [5.74, 6) is 1.91. The zero-order valence-electron chi connectivity index (χ0n) is 14.2. The van der Waals surface area contributed by atoms with Gasteiger partial charge in [-0.2, -0.15) is 0 Å². The second kappa shape index (κ2) is 6.49. The summed E-state index contributed by atoms with van der Waals surface area (Å²) < 4.78 is 16.5.